The predicted molar refractivity (Wildman–Crippen MR) is 61.3 cm³/mol. The van der Waals surface area contributed by atoms with Gasteiger partial charge in [-0.1, -0.05) is 24.3 Å². The van der Waals surface area contributed by atoms with Crippen LogP contribution in [0.25, 0.3) is 0 Å². The Morgan fingerprint density at radius 3 is 2.53 bits per heavy atom. The molecule has 84 valence electrons. The highest BCUT2D eigenvalue weighted by Crippen LogP contribution is 2.10. The van der Waals surface area contributed by atoms with Gasteiger partial charge < -0.3 is 10.6 Å². The summed E-state index contributed by atoms with van der Waals surface area (Å²) in [6.45, 7) is 1.94. The fourth-order valence-electron chi connectivity index (χ4n) is 1.61. The molecule has 0 unspecified atom stereocenters. The maximum absolute atomic E-state index is 12.0. The summed E-state index contributed by atoms with van der Waals surface area (Å²) in [6.07, 6.45) is 0.599. The Morgan fingerprint density at radius 2 is 1.93 bits per heavy atom. The largest absolute Gasteiger partial charge is 0.326 e. The van der Waals surface area contributed by atoms with Gasteiger partial charge in [-0.2, -0.15) is 0 Å². The number of alkyl halides is 1. The first-order valence-corrected chi connectivity index (χ1v) is 5.29. The van der Waals surface area contributed by atoms with Gasteiger partial charge in [0.1, 0.15) is 0 Å². The van der Waals surface area contributed by atoms with Gasteiger partial charge >= 0.3 is 0 Å². The zero-order chi connectivity index (χ0) is 11.1. The van der Waals surface area contributed by atoms with E-state index in [2.05, 4.69) is 11.0 Å². The molecule has 0 bridgehead atoms. The molecule has 0 saturated carbocycles. The number of hydrogen-bond donors (Lipinski definition) is 1. The van der Waals surface area contributed by atoms with Gasteiger partial charge in [-0.25, -0.2) is 0 Å². The molecule has 0 saturated heterocycles. The monoisotopic (exact) mass is 210 g/mol. The Bertz CT molecular complexity index is 289. The Morgan fingerprint density at radius 1 is 1.27 bits per heavy atom. The quantitative estimate of drug-likeness (QED) is 0.777. The summed E-state index contributed by atoms with van der Waals surface area (Å²) in [5, 5.41) is 0. The topological polar surface area (TPSA) is 29.3 Å². The molecule has 3 heteroatoms. The minimum absolute atomic E-state index is 0.247. The van der Waals surface area contributed by atoms with Crippen molar-refractivity contribution in [1.82, 2.24) is 4.90 Å². The van der Waals surface area contributed by atoms with E-state index < -0.39 is 0 Å². The third-order valence-corrected chi connectivity index (χ3v) is 2.45. The molecular weight excluding hydrogens is 191 g/mol. The molecule has 0 fully saturated rings. The average Bonchev–Trinajstić information content (AvgIpc) is 2.27. The standard InChI is InChI=1S/C12H19FN2/c1-15(8-4-7-13)10-12-6-3-2-5-11(12)9-14/h2-3,5-6H,4,7-10,14H2,1H3. The number of halogens is 1. The third kappa shape index (κ3) is 3.98. The van der Waals surface area contributed by atoms with E-state index in [0.717, 1.165) is 13.1 Å². The van der Waals surface area contributed by atoms with Crippen LogP contribution in [0.2, 0.25) is 0 Å². The molecule has 1 aromatic carbocycles. The number of rotatable bonds is 6. The minimum atomic E-state index is -0.247. The van der Waals surface area contributed by atoms with E-state index in [1.807, 2.05) is 25.2 Å². The zero-order valence-electron chi connectivity index (χ0n) is 9.25. The smallest absolute Gasteiger partial charge is 0.0906 e. The van der Waals surface area contributed by atoms with Gasteiger partial charge in [-0.05, 0) is 24.6 Å². The molecule has 15 heavy (non-hydrogen) atoms. The summed E-state index contributed by atoms with van der Waals surface area (Å²) in [4.78, 5) is 2.12. The van der Waals surface area contributed by atoms with Crippen LogP contribution in [-0.2, 0) is 13.1 Å². The summed E-state index contributed by atoms with van der Waals surface area (Å²) in [5.41, 5.74) is 8.06. The summed E-state index contributed by atoms with van der Waals surface area (Å²) >= 11 is 0. The van der Waals surface area contributed by atoms with Crippen LogP contribution in [0.5, 0.6) is 0 Å². The molecular formula is C12H19FN2. The minimum Gasteiger partial charge on any atom is -0.326 e. The van der Waals surface area contributed by atoms with Crippen molar-refractivity contribution >= 4 is 0 Å². The molecule has 0 radical (unpaired) electrons. The van der Waals surface area contributed by atoms with Crippen LogP contribution < -0.4 is 5.73 Å². The van der Waals surface area contributed by atoms with Gasteiger partial charge in [-0.15, -0.1) is 0 Å². The van der Waals surface area contributed by atoms with Crippen molar-refractivity contribution in [2.24, 2.45) is 5.73 Å². The first-order chi connectivity index (χ1) is 7.27. The molecule has 0 amide bonds. The number of nitrogens with two attached hydrogens (primary N) is 1. The third-order valence-electron chi connectivity index (χ3n) is 2.45. The lowest BCUT2D eigenvalue weighted by Crippen LogP contribution is -2.20. The predicted octanol–water partition coefficient (Wildman–Crippen LogP) is 1.94. The lowest BCUT2D eigenvalue weighted by atomic mass is 10.1. The molecule has 0 heterocycles. The van der Waals surface area contributed by atoms with Gasteiger partial charge in [0.05, 0.1) is 6.67 Å². The maximum atomic E-state index is 12.0. The van der Waals surface area contributed by atoms with E-state index in [9.17, 15) is 4.39 Å². The normalized spacial score (nSPS) is 10.9. The van der Waals surface area contributed by atoms with E-state index in [4.69, 9.17) is 5.73 Å². The van der Waals surface area contributed by atoms with Crippen LogP contribution in [0, 0.1) is 0 Å². The Labute approximate surface area is 90.9 Å². The fraction of sp³-hybridized carbons (Fsp3) is 0.500. The van der Waals surface area contributed by atoms with Crippen LogP contribution in [0.15, 0.2) is 24.3 Å². The van der Waals surface area contributed by atoms with Crippen molar-refractivity contribution in [1.29, 1.82) is 0 Å². The lowest BCUT2D eigenvalue weighted by Gasteiger charge is -2.17. The van der Waals surface area contributed by atoms with Crippen LogP contribution in [0.3, 0.4) is 0 Å². The van der Waals surface area contributed by atoms with Crippen LogP contribution in [0.4, 0.5) is 4.39 Å². The van der Waals surface area contributed by atoms with Gasteiger partial charge in [0.2, 0.25) is 0 Å². The Balaban J connectivity index is 2.55. The van der Waals surface area contributed by atoms with E-state index in [1.54, 1.807) is 0 Å². The van der Waals surface area contributed by atoms with Crippen LogP contribution in [0.1, 0.15) is 17.5 Å². The molecule has 1 rings (SSSR count). The Hall–Kier alpha value is -0.930. The number of nitrogens with zero attached hydrogens (tertiary/aromatic N) is 1. The molecule has 0 aromatic heterocycles. The van der Waals surface area contributed by atoms with Gasteiger partial charge in [0.15, 0.2) is 0 Å². The fourth-order valence-corrected chi connectivity index (χ4v) is 1.61. The molecule has 1 aromatic rings. The van der Waals surface area contributed by atoms with Crippen LogP contribution in [-0.4, -0.2) is 25.2 Å². The molecule has 0 atom stereocenters. The van der Waals surface area contributed by atoms with E-state index in [-0.39, 0.29) is 6.67 Å². The molecule has 2 N–H and O–H groups in total. The van der Waals surface area contributed by atoms with Gasteiger partial charge in [0.25, 0.3) is 0 Å². The van der Waals surface area contributed by atoms with Crippen LogP contribution >= 0.6 is 0 Å². The first kappa shape index (κ1) is 12.1. The second-order valence-corrected chi connectivity index (χ2v) is 3.75. The van der Waals surface area contributed by atoms with Crippen molar-refractivity contribution < 1.29 is 4.39 Å². The molecule has 2 nitrogen and oxygen atoms in total. The summed E-state index contributed by atoms with van der Waals surface area (Å²) in [7, 11) is 2.00. The Kier molecular flexibility index (Phi) is 5.29. The second-order valence-electron chi connectivity index (χ2n) is 3.75. The SMILES string of the molecule is CN(CCCF)Cc1ccccc1CN. The van der Waals surface area contributed by atoms with Crippen molar-refractivity contribution in [2.45, 2.75) is 19.5 Å². The number of benzene rings is 1. The van der Waals surface area contributed by atoms with Crippen molar-refractivity contribution in [3.05, 3.63) is 35.4 Å². The summed E-state index contributed by atoms with van der Waals surface area (Å²) in [6, 6.07) is 8.12. The molecule has 0 aliphatic rings. The summed E-state index contributed by atoms with van der Waals surface area (Å²) in [5.74, 6) is 0. The number of hydrogen-bond acceptors (Lipinski definition) is 2. The second kappa shape index (κ2) is 6.53. The van der Waals surface area contributed by atoms with Gasteiger partial charge in [-0.3, -0.25) is 4.39 Å². The summed E-state index contributed by atoms with van der Waals surface area (Å²) < 4.78 is 12.0. The van der Waals surface area contributed by atoms with E-state index in [1.165, 1.54) is 11.1 Å². The first-order valence-electron chi connectivity index (χ1n) is 5.29. The van der Waals surface area contributed by atoms with E-state index >= 15 is 0 Å². The highest BCUT2D eigenvalue weighted by molar-refractivity contribution is 5.26. The van der Waals surface area contributed by atoms with Gasteiger partial charge in [0, 0.05) is 19.6 Å². The molecule has 0 aliphatic carbocycles. The van der Waals surface area contributed by atoms with E-state index in [0.29, 0.717) is 13.0 Å². The van der Waals surface area contributed by atoms with Crippen molar-refractivity contribution in [2.75, 3.05) is 20.3 Å². The highest BCUT2D eigenvalue weighted by Gasteiger charge is 2.03. The molecule has 0 aliphatic heterocycles. The van der Waals surface area contributed by atoms with Crippen molar-refractivity contribution in [3.8, 4) is 0 Å². The average molecular weight is 210 g/mol. The lowest BCUT2D eigenvalue weighted by molar-refractivity contribution is 0.302. The van der Waals surface area contributed by atoms with Crippen molar-refractivity contribution in [3.63, 3.8) is 0 Å². The maximum Gasteiger partial charge on any atom is 0.0906 e. The highest BCUT2D eigenvalue weighted by atomic mass is 19.1. The molecule has 0 spiro atoms. The zero-order valence-corrected chi connectivity index (χ0v) is 9.25.